The van der Waals surface area contributed by atoms with Crippen molar-refractivity contribution >= 4 is 11.6 Å². The van der Waals surface area contributed by atoms with Gasteiger partial charge in [-0.1, -0.05) is 18.0 Å². The molecular formula is C14H19ClO2. The third-order valence-corrected chi connectivity index (χ3v) is 3.50. The molecule has 17 heavy (non-hydrogen) atoms. The highest BCUT2D eigenvalue weighted by molar-refractivity contribution is 6.30. The van der Waals surface area contributed by atoms with Crippen LogP contribution in [0.5, 0.6) is 5.75 Å². The van der Waals surface area contributed by atoms with Gasteiger partial charge in [0.05, 0.1) is 12.2 Å². The maximum Gasteiger partial charge on any atom is 0.125 e. The van der Waals surface area contributed by atoms with Crippen LogP contribution in [0, 0.1) is 0 Å². The van der Waals surface area contributed by atoms with Gasteiger partial charge in [0.25, 0.3) is 0 Å². The molecule has 1 aliphatic carbocycles. The summed E-state index contributed by atoms with van der Waals surface area (Å²) < 4.78 is 5.98. The Bertz CT molecular complexity index is 370. The van der Waals surface area contributed by atoms with Gasteiger partial charge in [-0.25, -0.2) is 0 Å². The normalized spacial score (nSPS) is 19.0. The molecule has 0 bridgehead atoms. The molecule has 0 saturated heterocycles. The number of halogens is 1. The van der Waals surface area contributed by atoms with Crippen LogP contribution in [-0.2, 0) is 0 Å². The first-order valence-corrected chi connectivity index (χ1v) is 6.69. The summed E-state index contributed by atoms with van der Waals surface area (Å²) in [6.07, 6.45) is 5.76. The van der Waals surface area contributed by atoms with E-state index in [1.165, 1.54) is 19.3 Å². The Labute approximate surface area is 108 Å². The fourth-order valence-electron chi connectivity index (χ4n) is 2.32. The lowest BCUT2D eigenvalue weighted by Gasteiger charge is -2.25. The van der Waals surface area contributed by atoms with Crippen LogP contribution in [-0.4, -0.2) is 11.2 Å². The van der Waals surface area contributed by atoms with Gasteiger partial charge in [-0.3, -0.25) is 0 Å². The van der Waals surface area contributed by atoms with E-state index < -0.39 is 6.10 Å². The standard InChI is InChI=1S/C14H19ClO2/c1-10(16)13-9-11(15)7-8-14(13)17-12-5-3-2-4-6-12/h7-10,12,16H,2-6H2,1H3. The van der Waals surface area contributed by atoms with Crippen molar-refractivity contribution in [1.82, 2.24) is 0 Å². The molecule has 3 heteroatoms. The van der Waals surface area contributed by atoms with Crippen molar-refractivity contribution in [3.63, 3.8) is 0 Å². The fourth-order valence-corrected chi connectivity index (χ4v) is 2.50. The van der Waals surface area contributed by atoms with E-state index in [1.807, 2.05) is 12.1 Å². The summed E-state index contributed by atoms with van der Waals surface area (Å²) in [6, 6.07) is 5.45. The predicted molar refractivity (Wildman–Crippen MR) is 69.6 cm³/mol. The molecule has 0 amide bonds. The average Bonchev–Trinajstić information content (AvgIpc) is 2.32. The summed E-state index contributed by atoms with van der Waals surface area (Å²) in [6.45, 7) is 1.74. The zero-order valence-corrected chi connectivity index (χ0v) is 10.9. The molecule has 94 valence electrons. The molecule has 1 saturated carbocycles. The third-order valence-electron chi connectivity index (χ3n) is 3.27. The number of benzene rings is 1. The number of aliphatic hydroxyl groups is 1. The van der Waals surface area contributed by atoms with Gasteiger partial charge in [0, 0.05) is 10.6 Å². The quantitative estimate of drug-likeness (QED) is 0.880. The fraction of sp³-hybridized carbons (Fsp3) is 0.571. The molecular weight excluding hydrogens is 236 g/mol. The second kappa shape index (κ2) is 5.74. The monoisotopic (exact) mass is 254 g/mol. The van der Waals surface area contributed by atoms with Crippen LogP contribution < -0.4 is 4.74 Å². The minimum atomic E-state index is -0.549. The minimum Gasteiger partial charge on any atom is -0.490 e. The Morgan fingerprint density at radius 3 is 2.65 bits per heavy atom. The van der Waals surface area contributed by atoms with Crippen molar-refractivity contribution in [1.29, 1.82) is 0 Å². The van der Waals surface area contributed by atoms with Crippen molar-refractivity contribution in [2.45, 2.75) is 51.2 Å². The summed E-state index contributed by atoms with van der Waals surface area (Å²) in [5, 5.41) is 10.4. The van der Waals surface area contributed by atoms with Crippen molar-refractivity contribution < 1.29 is 9.84 Å². The summed E-state index contributed by atoms with van der Waals surface area (Å²) >= 11 is 5.94. The second-order valence-electron chi connectivity index (χ2n) is 4.74. The molecule has 1 aromatic carbocycles. The van der Waals surface area contributed by atoms with Gasteiger partial charge >= 0.3 is 0 Å². The van der Waals surface area contributed by atoms with Gasteiger partial charge in [0.15, 0.2) is 0 Å². The van der Waals surface area contributed by atoms with E-state index in [9.17, 15) is 5.11 Å². The maximum absolute atomic E-state index is 9.72. The first-order valence-electron chi connectivity index (χ1n) is 6.31. The van der Waals surface area contributed by atoms with E-state index in [2.05, 4.69) is 0 Å². The van der Waals surface area contributed by atoms with Crippen molar-refractivity contribution in [3.8, 4) is 5.75 Å². The maximum atomic E-state index is 9.72. The van der Waals surface area contributed by atoms with E-state index in [0.717, 1.165) is 24.2 Å². The highest BCUT2D eigenvalue weighted by Gasteiger charge is 2.17. The first-order chi connectivity index (χ1) is 8.16. The van der Waals surface area contributed by atoms with Crippen LogP contribution >= 0.6 is 11.6 Å². The lowest BCUT2D eigenvalue weighted by atomic mass is 9.97. The van der Waals surface area contributed by atoms with Crippen molar-refractivity contribution in [3.05, 3.63) is 28.8 Å². The summed E-state index contributed by atoms with van der Waals surface area (Å²) in [4.78, 5) is 0. The van der Waals surface area contributed by atoms with Gasteiger partial charge < -0.3 is 9.84 Å². The number of ether oxygens (including phenoxy) is 1. The SMILES string of the molecule is CC(O)c1cc(Cl)ccc1OC1CCCCC1. The predicted octanol–water partition coefficient (Wildman–Crippen LogP) is 4.10. The van der Waals surface area contributed by atoms with E-state index in [1.54, 1.807) is 13.0 Å². The number of hydrogen-bond acceptors (Lipinski definition) is 2. The summed E-state index contributed by atoms with van der Waals surface area (Å²) in [5.74, 6) is 0.774. The molecule has 0 radical (unpaired) electrons. The second-order valence-corrected chi connectivity index (χ2v) is 5.17. The minimum absolute atomic E-state index is 0.294. The van der Waals surface area contributed by atoms with Crippen molar-refractivity contribution in [2.75, 3.05) is 0 Å². The molecule has 1 aromatic rings. The lowest BCUT2D eigenvalue weighted by Crippen LogP contribution is -2.20. The van der Waals surface area contributed by atoms with E-state index in [0.29, 0.717) is 11.1 Å². The Balaban J connectivity index is 2.13. The molecule has 2 nitrogen and oxygen atoms in total. The van der Waals surface area contributed by atoms with Crippen LogP contribution in [0.1, 0.15) is 50.7 Å². The highest BCUT2D eigenvalue weighted by Crippen LogP contribution is 2.31. The Morgan fingerprint density at radius 2 is 2.00 bits per heavy atom. The molecule has 0 spiro atoms. The Morgan fingerprint density at radius 1 is 1.29 bits per heavy atom. The van der Waals surface area contributed by atoms with Crippen LogP contribution in [0.4, 0.5) is 0 Å². The molecule has 1 fully saturated rings. The zero-order valence-electron chi connectivity index (χ0n) is 10.2. The molecule has 1 aliphatic rings. The number of hydrogen-bond donors (Lipinski definition) is 1. The van der Waals surface area contributed by atoms with Gasteiger partial charge in [0.1, 0.15) is 5.75 Å². The van der Waals surface area contributed by atoms with E-state index >= 15 is 0 Å². The topological polar surface area (TPSA) is 29.5 Å². The summed E-state index contributed by atoms with van der Waals surface area (Å²) in [7, 11) is 0. The molecule has 0 aromatic heterocycles. The van der Waals surface area contributed by atoms with E-state index in [-0.39, 0.29) is 0 Å². The zero-order chi connectivity index (χ0) is 12.3. The molecule has 0 aliphatic heterocycles. The molecule has 1 atom stereocenters. The van der Waals surface area contributed by atoms with Crippen molar-refractivity contribution in [2.24, 2.45) is 0 Å². The first kappa shape index (κ1) is 12.7. The molecule has 2 rings (SSSR count). The highest BCUT2D eigenvalue weighted by atomic mass is 35.5. The van der Waals surface area contributed by atoms with Crippen LogP contribution in [0.25, 0.3) is 0 Å². The molecule has 1 unspecified atom stereocenters. The van der Waals surface area contributed by atoms with Gasteiger partial charge in [-0.05, 0) is 50.8 Å². The Hall–Kier alpha value is -0.730. The smallest absolute Gasteiger partial charge is 0.125 e. The van der Waals surface area contributed by atoms with Crippen LogP contribution in [0.2, 0.25) is 5.02 Å². The number of aliphatic hydroxyl groups excluding tert-OH is 1. The van der Waals surface area contributed by atoms with E-state index in [4.69, 9.17) is 16.3 Å². The van der Waals surface area contributed by atoms with Crippen LogP contribution in [0.15, 0.2) is 18.2 Å². The Kier molecular flexibility index (Phi) is 4.30. The largest absolute Gasteiger partial charge is 0.490 e. The average molecular weight is 255 g/mol. The van der Waals surface area contributed by atoms with Gasteiger partial charge in [0.2, 0.25) is 0 Å². The molecule has 0 heterocycles. The lowest BCUT2D eigenvalue weighted by molar-refractivity contribution is 0.142. The van der Waals surface area contributed by atoms with Gasteiger partial charge in [-0.15, -0.1) is 0 Å². The third kappa shape index (κ3) is 3.36. The summed E-state index contributed by atoms with van der Waals surface area (Å²) in [5.41, 5.74) is 0.781. The van der Waals surface area contributed by atoms with Gasteiger partial charge in [-0.2, -0.15) is 0 Å². The van der Waals surface area contributed by atoms with Crippen LogP contribution in [0.3, 0.4) is 0 Å². The molecule has 1 N–H and O–H groups in total. The number of rotatable bonds is 3.